The summed E-state index contributed by atoms with van der Waals surface area (Å²) in [7, 11) is -4.41. The highest BCUT2D eigenvalue weighted by Crippen LogP contribution is 2.43. The van der Waals surface area contributed by atoms with Crippen molar-refractivity contribution >= 4 is 19.8 Å². The van der Waals surface area contributed by atoms with Crippen molar-refractivity contribution in [3.05, 3.63) is 85.1 Å². The van der Waals surface area contributed by atoms with Gasteiger partial charge in [-0.05, 0) is 70.6 Å². The molecule has 320 valence electrons. The van der Waals surface area contributed by atoms with Crippen LogP contribution in [-0.2, 0) is 32.7 Å². The maximum Gasteiger partial charge on any atom is 0.472 e. The molecular formula is C45H76NO9P. The van der Waals surface area contributed by atoms with Gasteiger partial charge in [-0.3, -0.25) is 18.6 Å². The van der Waals surface area contributed by atoms with E-state index in [1.54, 1.807) is 6.08 Å². The zero-order valence-electron chi connectivity index (χ0n) is 34.7. The largest absolute Gasteiger partial charge is 0.472 e. The molecule has 0 saturated carbocycles. The van der Waals surface area contributed by atoms with Crippen molar-refractivity contribution in [1.82, 2.24) is 0 Å². The summed E-state index contributed by atoms with van der Waals surface area (Å²) in [4.78, 5) is 34.8. The third-order valence-corrected chi connectivity index (χ3v) is 9.34. The van der Waals surface area contributed by atoms with Gasteiger partial charge < -0.3 is 25.2 Å². The molecule has 0 bridgehead atoms. The molecule has 0 amide bonds. The van der Waals surface area contributed by atoms with E-state index in [0.29, 0.717) is 25.7 Å². The number of nitrogens with two attached hydrogens (primary N) is 1. The summed E-state index contributed by atoms with van der Waals surface area (Å²) in [5.74, 6) is -0.970. The number of unbranched alkanes of at least 4 members (excludes halogenated alkanes) is 11. The van der Waals surface area contributed by atoms with Gasteiger partial charge in [0, 0.05) is 19.4 Å². The highest BCUT2D eigenvalue weighted by Gasteiger charge is 2.25. The Morgan fingerprint density at radius 2 is 1.23 bits per heavy atom. The first kappa shape index (κ1) is 53.1. The van der Waals surface area contributed by atoms with E-state index in [2.05, 4.69) is 44.2 Å². The zero-order valence-corrected chi connectivity index (χ0v) is 35.6. The Morgan fingerprint density at radius 1 is 0.643 bits per heavy atom. The summed E-state index contributed by atoms with van der Waals surface area (Å²) < 4.78 is 32.6. The molecule has 10 nitrogen and oxygen atoms in total. The fourth-order valence-corrected chi connectivity index (χ4v) is 5.97. The SMILES string of the molecule is CC/C=C\C/C=C\CC(O)/C=C/C=C\C/C=C\C/C=C\CCC(=O)O[C@H](COC(=O)CCCCCCCCC/C=C\CCCCCC)COP(=O)(O)OCCN. The molecule has 0 aromatic rings. The van der Waals surface area contributed by atoms with E-state index in [-0.39, 0.29) is 32.6 Å². The van der Waals surface area contributed by atoms with Crippen LogP contribution in [0.3, 0.4) is 0 Å². The monoisotopic (exact) mass is 806 g/mol. The van der Waals surface area contributed by atoms with E-state index in [1.807, 2.05) is 48.6 Å². The minimum absolute atomic E-state index is 0.0288. The standard InChI is InChI=1S/C45H76NO9P/c1-3-5-7-9-11-12-13-14-15-16-17-21-24-28-32-36-44(48)52-40-43(41-54-56(50,51)53-39-38-46)55-45(49)37-33-29-25-22-19-18-20-23-27-31-35-42(47)34-30-26-10-8-6-4-2/h6,8,12-13,18-19,23,25-27,29-31,35,42-43,47H,3-5,7,9-11,14-17,20-22,24,28,32-34,36-41,46H2,1-2H3,(H,50,51)/b8-6-,13-12-,19-18-,27-23-,29-25-,30-26-,35-31+/t42?,43-/m1/s1. The number of aliphatic hydroxyl groups excluding tert-OH is 1. The summed E-state index contributed by atoms with van der Waals surface area (Å²) in [5, 5.41) is 9.99. The van der Waals surface area contributed by atoms with Crippen molar-refractivity contribution < 1.29 is 42.7 Å². The number of aliphatic hydroxyl groups is 1. The maximum atomic E-state index is 12.5. The number of ether oxygens (including phenoxy) is 2. The fraction of sp³-hybridized carbons (Fsp3) is 0.644. The lowest BCUT2D eigenvalue weighted by Gasteiger charge is -2.19. The van der Waals surface area contributed by atoms with Crippen molar-refractivity contribution in [2.24, 2.45) is 5.73 Å². The summed E-state index contributed by atoms with van der Waals surface area (Å²) in [6.07, 6.45) is 46.5. The minimum Gasteiger partial charge on any atom is -0.462 e. The first-order valence-corrected chi connectivity index (χ1v) is 22.7. The number of rotatable bonds is 38. The van der Waals surface area contributed by atoms with Crippen molar-refractivity contribution in [2.75, 3.05) is 26.4 Å². The molecule has 0 rings (SSSR count). The normalized spacial score (nSPS) is 14.7. The number of carbonyl (C=O) groups is 2. The second kappa shape index (κ2) is 40.4. The quantitative estimate of drug-likeness (QED) is 0.0180. The van der Waals surface area contributed by atoms with Crippen LogP contribution in [0.2, 0.25) is 0 Å². The maximum absolute atomic E-state index is 12.5. The molecule has 0 fully saturated rings. The number of esters is 2. The minimum atomic E-state index is -4.41. The van der Waals surface area contributed by atoms with Gasteiger partial charge in [0.2, 0.25) is 0 Å². The van der Waals surface area contributed by atoms with Gasteiger partial charge in [0.15, 0.2) is 6.10 Å². The van der Waals surface area contributed by atoms with Crippen LogP contribution in [0.1, 0.15) is 149 Å². The first-order chi connectivity index (χ1) is 27.2. The molecule has 4 N–H and O–H groups in total. The van der Waals surface area contributed by atoms with Crippen LogP contribution < -0.4 is 5.73 Å². The van der Waals surface area contributed by atoms with E-state index in [0.717, 1.165) is 44.9 Å². The number of phosphoric acid groups is 1. The van der Waals surface area contributed by atoms with Crippen LogP contribution in [0.15, 0.2) is 85.1 Å². The summed E-state index contributed by atoms with van der Waals surface area (Å²) in [5.41, 5.74) is 5.33. The smallest absolute Gasteiger partial charge is 0.462 e. The van der Waals surface area contributed by atoms with Crippen LogP contribution in [0.4, 0.5) is 0 Å². The lowest BCUT2D eigenvalue weighted by atomic mass is 10.1. The third kappa shape index (κ3) is 39.4. The summed E-state index contributed by atoms with van der Waals surface area (Å²) in [6.45, 7) is 3.41. The third-order valence-electron chi connectivity index (χ3n) is 8.36. The lowest BCUT2D eigenvalue weighted by molar-refractivity contribution is -0.161. The van der Waals surface area contributed by atoms with Gasteiger partial charge in [0.1, 0.15) is 6.61 Å². The van der Waals surface area contributed by atoms with Gasteiger partial charge in [-0.25, -0.2) is 4.57 Å². The average molecular weight is 806 g/mol. The Balaban J connectivity index is 4.39. The highest BCUT2D eigenvalue weighted by molar-refractivity contribution is 7.47. The Hall–Kier alpha value is -2.85. The molecule has 0 aliphatic rings. The predicted molar refractivity (Wildman–Crippen MR) is 230 cm³/mol. The van der Waals surface area contributed by atoms with Crippen LogP contribution in [0.25, 0.3) is 0 Å². The summed E-state index contributed by atoms with van der Waals surface area (Å²) >= 11 is 0. The number of hydrogen-bond donors (Lipinski definition) is 3. The number of allylic oxidation sites excluding steroid dienone is 12. The Kier molecular flexibility index (Phi) is 38.3. The van der Waals surface area contributed by atoms with Crippen molar-refractivity contribution in [3.8, 4) is 0 Å². The van der Waals surface area contributed by atoms with Gasteiger partial charge >= 0.3 is 19.8 Å². The van der Waals surface area contributed by atoms with Gasteiger partial charge in [-0.15, -0.1) is 0 Å². The van der Waals surface area contributed by atoms with Crippen LogP contribution >= 0.6 is 7.82 Å². The number of hydrogen-bond acceptors (Lipinski definition) is 9. The molecule has 0 saturated heterocycles. The lowest BCUT2D eigenvalue weighted by Crippen LogP contribution is -2.29. The summed E-state index contributed by atoms with van der Waals surface area (Å²) in [6, 6.07) is 0. The van der Waals surface area contributed by atoms with Crippen LogP contribution in [-0.4, -0.2) is 60.5 Å². The first-order valence-electron chi connectivity index (χ1n) is 21.2. The Morgan fingerprint density at radius 3 is 1.91 bits per heavy atom. The van der Waals surface area contributed by atoms with Crippen molar-refractivity contribution in [1.29, 1.82) is 0 Å². The molecular weight excluding hydrogens is 729 g/mol. The van der Waals surface area contributed by atoms with E-state index < -0.39 is 38.6 Å². The molecule has 0 spiro atoms. The molecule has 0 aromatic heterocycles. The molecule has 56 heavy (non-hydrogen) atoms. The molecule has 0 aromatic carbocycles. The van der Waals surface area contributed by atoms with Crippen LogP contribution in [0.5, 0.6) is 0 Å². The molecule has 0 aliphatic heterocycles. The zero-order chi connectivity index (χ0) is 41.2. The second-order valence-corrected chi connectivity index (χ2v) is 15.1. The number of phosphoric ester groups is 1. The van der Waals surface area contributed by atoms with E-state index in [1.165, 1.54) is 51.4 Å². The molecule has 3 atom stereocenters. The molecule has 0 heterocycles. The Bertz CT molecular complexity index is 1210. The van der Waals surface area contributed by atoms with E-state index >= 15 is 0 Å². The van der Waals surface area contributed by atoms with Gasteiger partial charge in [-0.2, -0.15) is 0 Å². The number of carbonyl (C=O) groups excluding carboxylic acids is 2. The highest BCUT2D eigenvalue weighted by atomic mass is 31.2. The van der Waals surface area contributed by atoms with Gasteiger partial charge in [-0.1, -0.05) is 150 Å². The molecule has 11 heteroatoms. The van der Waals surface area contributed by atoms with Gasteiger partial charge in [0.05, 0.1) is 19.3 Å². The van der Waals surface area contributed by atoms with Gasteiger partial charge in [0.25, 0.3) is 0 Å². The van der Waals surface area contributed by atoms with Crippen molar-refractivity contribution in [3.63, 3.8) is 0 Å². The second-order valence-electron chi connectivity index (χ2n) is 13.7. The average Bonchev–Trinajstić information content (AvgIpc) is 3.18. The topological polar surface area (TPSA) is 155 Å². The van der Waals surface area contributed by atoms with Crippen LogP contribution in [0, 0.1) is 0 Å². The predicted octanol–water partition coefficient (Wildman–Crippen LogP) is 11.0. The van der Waals surface area contributed by atoms with E-state index in [9.17, 15) is 24.2 Å². The fourth-order valence-electron chi connectivity index (χ4n) is 5.21. The molecule has 0 aliphatic carbocycles. The molecule has 2 unspecified atom stereocenters. The Labute approximate surface area is 339 Å². The van der Waals surface area contributed by atoms with Crippen molar-refractivity contribution in [2.45, 2.75) is 161 Å². The molecule has 0 radical (unpaired) electrons. The van der Waals surface area contributed by atoms with E-state index in [4.69, 9.17) is 24.3 Å².